The molecule has 0 spiro atoms. The lowest BCUT2D eigenvalue weighted by Gasteiger charge is -2.10. The van der Waals surface area contributed by atoms with E-state index in [1.807, 2.05) is 6.07 Å². The highest BCUT2D eigenvalue weighted by atomic mass is 79.9. The summed E-state index contributed by atoms with van der Waals surface area (Å²) in [5.41, 5.74) is 0.0767. The zero-order chi connectivity index (χ0) is 15.6. The molecule has 0 fully saturated rings. The van der Waals surface area contributed by atoms with Crippen molar-refractivity contribution in [3.8, 4) is 6.07 Å². The molecule has 0 radical (unpaired) electrons. The molecule has 0 aromatic heterocycles. The summed E-state index contributed by atoms with van der Waals surface area (Å²) >= 11 is 8.82. The molecule has 108 valence electrons. The molecule has 0 saturated carbocycles. The van der Waals surface area contributed by atoms with Crippen molar-refractivity contribution in [2.24, 2.45) is 0 Å². The predicted octanol–water partition coefficient (Wildman–Crippen LogP) is 3.91. The van der Waals surface area contributed by atoms with Crippen LogP contribution in [-0.4, -0.2) is 8.42 Å². The van der Waals surface area contributed by atoms with Crippen LogP contribution in [0.5, 0.6) is 0 Å². The van der Waals surface area contributed by atoms with Gasteiger partial charge in [0.25, 0.3) is 10.0 Å². The van der Waals surface area contributed by atoms with E-state index in [1.165, 1.54) is 24.3 Å². The Morgan fingerprint density at radius 2 is 1.95 bits per heavy atom. The first kappa shape index (κ1) is 15.8. The van der Waals surface area contributed by atoms with E-state index >= 15 is 0 Å². The Bertz CT molecular complexity index is 850. The van der Waals surface area contributed by atoms with E-state index in [4.69, 9.17) is 16.9 Å². The summed E-state index contributed by atoms with van der Waals surface area (Å²) in [4.78, 5) is -0.519. The molecule has 0 atom stereocenters. The van der Waals surface area contributed by atoms with Gasteiger partial charge in [0.05, 0.1) is 11.3 Å². The second-order valence-electron chi connectivity index (χ2n) is 3.98. The molecule has 2 rings (SSSR count). The average molecular weight is 390 g/mol. The summed E-state index contributed by atoms with van der Waals surface area (Å²) in [5.74, 6) is -0.905. The number of hydrogen-bond acceptors (Lipinski definition) is 3. The van der Waals surface area contributed by atoms with Gasteiger partial charge in [-0.3, -0.25) is 4.72 Å². The Morgan fingerprint density at radius 1 is 1.24 bits per heavy atom. The standard InChI is InChI=1S/C13H7BrClFN2O2S/c14-9-2-4-13(11(16)5-9)21(19,20)18-12-6-10(15)3-1-8(12)7-17/h1-6,18H. The Hall–Kier alpha value is -1.62. The molecule has 0 unspecified atom stereocenters. The van der Waals surface area contributed by atoms with Crippen LogP contribution in [0.3, 0.4) is 0 Å². The molecule has 2 aromatic carbocycles. The van der Waals surface area contributed by atoms with Crippen LogP contribution in [0.1, 0.15) is 5.56 Å². The lowest BCUT2D eigenvalue weighted by Crippen LogP contribution is -2.15. The first-order chi connectivity index (χ1) is 9.83. The first-order valence-electron chi connectivity index (χ1n) is 5.51. The van der Waals surface area contributed by atoms with E-state index in [2.05, 4.69) is 20.7 Å². The molecule has 0 amide bonds. The smallest absolute Gasteiger partial charge is 0.264 e. The molecule has 0 heterocycles. The van der Waals surface area contributed by atoms with E-state index in [1.54, 1.807) is 0 Å². The Balaban J connectivity index is 2.47. The number of hydrogen-bond donors (Lipinski definition) is 1. The third kappa shape index (κ3) is 3.53. The Kier molecular flexibility index (Phi) is 4.52. The summed E-state index contributed by atoms with van der Waals surface area (Å²) in [6.45, 7) is 0. The molecule has 8 heteroatoms. The maximum Gasteiger partial charge on any atom is 0.264 e. The molecule has 2 aromatic rings. The Labute approximate surface area is 134 Å². The lowest BCUT2D eigenvalue weighted by atomic mass is 10.2. The molecule has 0 bridgehead atoms. The molecule has 0 aliphatic heterocycles. The zero-order valence-corrected chi connectivity index (χ0v) is 13.4. The van der Waals surface area contributed by atoms with Gasteiger partial charge >= 0.3 is 0 Å². The van der Waals surface area contributed by atoms with Crippen LogP contribution in [-0.2, 0) is 10.0 Å². The number of nitrogens with zero attached hydrogens (tertiary/aromatic N) is 1. The van der Waals surface area contributed by atoms with E-state index < -0.39 is 20.7 Å². The summed E-state index contributed by atoms with van der Waals surface area (Å²) in [7, 11) is -4.17. The van der Waals surface area contributed by atoms with Gasteiger partial charge < -0.3 is 0 Å². The summed E-state index contributed by atoms with van der Waals surface area (Å²) in [5, 5.41) is 9.21. The van der Waals surface area contributed by atoms with Crippen molar-refractivity contribution in [2.75, 3.05) is 4.72 Å². The number of nitriles is 1. The van der Waals surface area contributed by atoms with Gasteiger partial charge in [0, 0.05) is 9.50 Å². The SMILES string of the molecule is N#Cc1ccc(Cl)cc1NS(=O)(=O)c1ccc(Br)cc1F. The third-order valence-corrected chi connectivity index (χ3v) is 4.66. The minimum absolute atomic E-state index is 0.00711. The van der Waals surface area contributed by atoms with E-state index in [9.17, 15) is 12.8 Å². The number of sulfonamides is 1. The topological polar surface area (TPSA) is 70.0 Å². The monoisotopic (exact) mass is 388 g/mol. The van der Waals surface area contributed by atoms with Crippen LogP contribution in [0.25, 0.3) is 0 Å². The van der Waals surface area contributed by atoms with Gasteiger partial charge in [-0.1, -0.05) is 27.5 Å². The predicted molar refractivity (Wildman–Crippen MR) is 81.1 cm³/mol. The first-order valence-corrected chi connectivity index (χ1v) is 8.16. The number of anilines is 1. The van der Waals surface area contributed by atoms with Crippen LogP contribution in [0.4, 0.5) is 10.1 Å². The van der Waals surface area contributed by atoms with E-state index in [0.29, 0.717) is 4.47 Å². The maximum atomic E-state index is 13.8. The second kappa shape index (κ2) is 6.02. The van der Waals surface area contributed by atoms with Crippen LogP contribution < -0.4 is 4.72 Å². The summed E-state index contributed by atoms with van der Waals surface area (Å²) in [6, 6.07) is 9.52. The Morgan fingerprint density at radius 3 is 2.57 bits per heavy atom. The highest BCUT2D eigenvalue weighted by Crippen LogP contribution is 2.25. The van der Waals surface area contributed by atoms with Crippen molar-refractivity contribution in [3.63, 3.8) is 0 Å². The fourth-order valence-electron chi connectivity index (χ4n) is 1.59. The average Bonchev–Trinajstić information content (AvgIpc) is 2.37. The van der Waals surface area contributed by atoms with Crippen LogP contribution in [0.2, 0.25) is 5.02 Å². The minimum atomic E-state index is -4.17. The fraction of sp³-hybridized carbons (Fsp3) is 0. The molecule has 4 nitrogen and oxygen atoms in total. The van der Waals surface area contributed by atoms with Crippen LogP contribution in [0.15, 0.2) is 45.8 Å². The summed E-state index contributed by atoms with van der Waals surface area (Å²) < 4.78 is 40.7. The number of rotatable bonds is 3. The molecular weight excluding hydrogens is 383 g/mol. The lowest BCUT2D eigenvalue weighted by molar-refractivity contribution is 0.570. The molecule has 0 aliphatic rings. The maximum absolute atomic E-state index is 13.8. The van der Waals surface area contributed by atoms with Crippen LogP contribution in [0, 0.1) is 17.1 Å². The number of nitrogens with one attached hydrogen (secondary N) is 1. The van der Waals surface area contributed by atoms with E-state index in [0.717, 1.165) is 12.1 Å². The van der Waals surface area contributed by atoms with Crippen molar-refractivity contribution in [1.29, 1.82) is 5.26 Å². The molecule has 0 aliphatic carbocycles. The number of benzene rings is 2. The third-order valence-electron chi connectivity index (χ3n) is 2.53. The quantitative estimate of drug-likeness (QED) is 0.865. The second-order valence-corrected chi connectivity index (χ2v) is 6.98. The van der Waals surface area contributed by atoms with Crippen molar-refractivity contribution < 1.29 is 12.8 Å². The van der Waals surface area contributed by atoms with Gasteiger partial charge in [0.15, 0.2) is 0 Å². The normalized spacial score (nSPS) is 11.0. The van der Waals surface area contributed by atoms with Crippen molar-refractivity contribution in [2.45, 2.75) is 4.90 Å². The molecule has 0 saturated heterocycles. The largest absolute Gasteiger partial charge is 0.278 e. The highest BCUT2D eigenvalue weighted by molar-refractivity contribution is 9.10. The molecule has 21 heavy (non-hydrogen) atoms. The van der Waals surface area contributed by atoms with Gasteiger partial charge in [-0.25, -0.2) is 12.8 Å². The van der Waals surface area contributed by atoms with Crippen molar-refractivity contribution in [1.82, 2.24) is 0 Å². The minimum Gasteiger partial charge on any atom is -0.278 e. The van der Waals surface area contributed by atoms with Gasteiger partial charge in [0.2, 0.25) is 0 Å². The van der Waals surface area contributed by atoms with Crippen molar-refractivity contribution >= 4 is 43.2 Å². The molecule has 1 N–H and O–H groups in total. The van der Waals surface area contributed by atoms with Crippen LogP contribution >= 0.6 is 27.5 Å². The van der Waals surface area contributed by atoms with Gasteiger partial charge in [0.1, 0.15) is 16.8 Å². The fourth-order valence-corrected chi connectivity index (χ4v) is 3.23. The van der Waals surface area contributed by atoms with Gasteiger partial charge in [-0.05, 0) is 36.4 Å². The zero-order valence-electron chi connectivity index (χ0n) is 10.3. The van der Waals surface area contributed by atoms with Crippen molar-refractivity contribution in [3.05, 3.63) is 57.3 Å². The van der Waals surface area contributed by atoms with E-state index in [-0.39, 0.29) is 16.3 Å². The number of halogens is 3. The van der Waals surface area contributed by atoms with Gasteiger partial charge in [-0.2, -0.15) is 5.26 Å². The highest BCUT2D eigenvalue weighted by Gasteiger charge is 2.20. The van der Waals surface area contributed by atoms with Gasteiger partial charge in [-0.15, -0.1) is 0 Å². The summed E-state index contributed by atoms with van der Waals surface area (Å²) in [6.07, 6.45) is 0. The molecular formula is C13H7BrClFN2O2S.